The smallest absolute Gasteiger partial charge is 0.0842 e. The van der Waals surface area contributed by atoms with Gasteiger partial charge in [0, 0.05) is 24.0 Å². The summed E-state index contributed by atoms with van der Waals surface area (Å²) in [5, 5.41) is 7.19. The predicted molar refractivity (Wildman–Crippen MR) is 56.6 cm³/mol. The molecule has 86 valence electrons. The van der Waals surface area contributed by atoms with Gasteiger partial charge in [-0.05, 0) is 11.1 Å². The highest BCUT2D eigenvalue weighted by Crippen LogP contribution is 2.23. The molecule has 0 aromatic carbocycles. The molecule has 8 heteroatoms. The third-order valence-corrected chi connectivity index (χ3v) is 2.43. The van der Waals surface area contributed by atoms with Crippen molar-refractivity contribution in [3.05, 3.63) is 33.0 Å². The third-order valence-electron chi connectivity index (χ3n) is 2.43. The van der Waals surface area contributed by atoms with Crippen LogP contribution in [0.5, 0.6) is 0 Å². The van der Waals surface area contributed by atoms with Gasteiger partial charge in [-0.3, -0.25) is 0 Å². The highest BCUT2D eigenvalue weighted by molar-refractivity contribution is 5.14. The summed E-state index contributed by atoms with van der Waals surface area (Å²) in [5.41, 5.74) is 17.0. The van der Waals surface area contributed by atoms with Crippen LogP contribution in [-0.2, 0) is 9.47 Å². The molecule has 0 saturated carbocycles. The van der Waals surface area contributed by atoms with Crippen LogP contribution < -0.4 is 0 Å². The second-order valence-electron chi connectivity index (χ2n) is 3.18. The largest absolute Gasteiger partial charge is 0.377 e. The Hall–Kier alpha value is -1.72. The molecule has 0 heterocycles. The maximum absolute atomic E-state index is 8.48. The van der Waals surface area contributed by atoms with Gasteiger partial charge in [0.05, 0.1) is 24.3 Å². The van der Waals surface area contributed by atoms with E-state index < -0.39 is 24.3 Å². The molecule has 0 aromatic rings. The molecule has 0 fully saturated rings. The summed E-state index contributed by atoms with van der Waals surface area (Å²) in [4.78, 5) is 5.46. The molecule has 0 aromatic heterocycles. The minimum absolute atomic E-state index is 0.405. The van der Waals surface area contributed by atoms with E-state index in [-0.39, 0.29) is 0 Å². The van der Waals surface area contributed by atoms with Gasteiger partial charge in [-0.1, -0.05) is 22.4 Å². The van der Waals surface area contributed by atoms with Crippen LogP contribution >= 0.6 is 0 Å². The minimum atomic E-state index is -0.596. The van der Waals surface area contributed by atoms with E-state index in [4.69, 9.17) is 20.5 Å². The summed E-state index contributed by atoms with van der Waals surface area (Å²) < 4.78 is 10.3. The number of hydrogen-bond acceptors (Lipinski definition) is 4. The third kappa shape index (κ3) is 2.44. The predicted octanol–water partition coefficient (Wildman–Crippen LogP) is 1.94. The Morgan fingerprint density at radius 1 is 0.938 bits per heavy atom. The van der Waals surface area contributed by atoms with Crippen molar-refractivity contribution in [1.29, 1.82) is 0 Å². The number of ether oxygens (including phenoxy) is 2. The van der Waals surface area contributed by atoms with E-state index in [2.05, 4.69) is 20.1 Å². The Labute approximate surface area is 92.1 Å². The van der Waals surface area contributed by atoms with Gasteiger partial charge in [-0.25, -0.2) is 0 Å². The van der Waals surface area contributed by atoms with Crippen molar-refractivity contribution < 1.29 is 9.47 Å². The summed E-state index contributed by atoms with van der Waals surface area (Å²) in [5.74, 6) is 0. The lowest BCUT2D eigenvalue weighted by Gasteiger charge is -2.32. The van der Waals surface area contributed by atoms with E-state index in [9.17, 15) is 0 Å². The van der Waals surface area contributed by atoms with Crippen molar-refractivity contribution in [2.24, 2.45) is 10.2 Å². The fourth-order valence-corrected chi connectivity index (χ4v) is 1.66. The molecule has 8 nitrogen and oxygen atoms in total. The fourth-order valence-electron chi connectivity index (χ4n) is 1.66. The number of nitrogens with zero attached hydrogens (tertiary/aromatic N) is 6. The summed E-state index contributed by atoms with van der Waals surface area (Å²) in [7, 11) is 2.99. The van der Waals surface area contributed by atoms with Crippen LogP contribution in [-0.4, -0.2) is 38.5 Å². The van der Waals surface area contributed by atoms with Gasteiger partial charge in [-0.15, -0.1) is 0 Å². The Morgan fingerprint density at radius 2 is 1.31 bits per heavy atom. The lowest BCUT2D eigenvalue weighted by Crippen LogP contribution is -2.45. The highest BCUT2D eigenvalue weighted by atomic mass is 16.5. The van der Waals surface area contributed by atoms with Gasteiger partial charge in [0.15, 0.2) is 0 Å². The zero-order valence-electron chi connectivity index (χ0n) is 8.96. The molecule has 0 amide bonds. The molecule has 0 saturated heterocycles. The molecule has 1 rings (SSSR count). The van der Waals surface area contributed by atoms with Gasteiger partial charge in [0.25, 0.3) is 0 Å². The van der Waals surface area contributed by atoms with Crippen molar-refractivity contribution in [3.63, 3.8) is 0 Å². The molecule has 4 atom stereocenters. The van der Waals surface area contributed by atoms with Gasteiger partial charge < -0.3 is 9.47 Å². The summed E-state index contributed by atoms with van der Waals surface area (Å²) >= 11 is 0. The van der Waals surface area contributed by atoms with Crippen molar-refractivity contribution in [2.45, 2.75) is 24.3 Å². The van der Waals surface area contributed by atoms with Crippen molar-refractivity contribution >= 4 is 0 Å². The number of methoxy groups -OCH3 is 2. The van der Waals surface area contributed by atoms with Crippen molar-refractivity contribution in [3.8, 4) is 0 Å². The minimum Gasteiger partial charge on any atom is -0.377 e. The van der Waals surface area contributed by atoms with E-state index >= 15 is 0 Å². The summed E-state index contributed by atoms with van der Waals surface area (Å²) in [6.07, 6.45) is 2.66. The maximum atomic E-state index is 8.48. The fraction of sp³-hybridized carbons (Fsp3) is 0.750. The molecule has 0 aliphatic heterocycles. The molecule has 0 radical (unpaired) electrons. The van der Waals surface area contributed by atoms with E-state index in [0.717, 1.165) is 0 Å². The van der Waals surface area contributed by atoms with Crippen LogP contribution in [0, 0.1) is 0 Å². The maximum Gasteiger partial charge on any atom is 0.0842 e. The van der Waals surface area contributed by atoms with E-state index in [1.165, 1.54) is 14.2 Å². The summed E-state index contributed by atoms with van der Waals surface area (Å²) in [6, 6.07) is -1.19. The second-order valence-corrected chi connectivity index (χ2v) is 3.18. The number of rotatable bonds is 4. The highest BCUT2D eigenvalue weighted by Gasteiger charge is 2.35. The van der Waals surface area contributed by atoms with Gasteiger partial charge in [0.1, 0.15) is 0 Å². The molecule has 16 heavy (non-hydrogen) atoms. The topological polar surface area (TPSA) is 116 Å². The van der Waals surface area contributed by atoms with Crippen LogP contribution in [0.3, 0.4) is 0 Å². The van der Waals surface area contributed by atoms with E-state index in [0.29, 0.717) is 0 Å². The first kappa shape index (κ1) is 12.4. The first-order valence-corrected chi connectivity index (χ1v) is 4.60. The monoisotopic (exact) mass is 224 g/mol. The molecule has 0 spiro atoms. The Kier molecular flexibility index (Phi) is 4.63. The van der Waals surface area contributed by atoms with E-state index in [1.807, 2.05) is 0 Å². The van der Waals surface area contributed by atoms with Crippen molar-refractivity contribution in [1.82, 2.24) is 0 Å². The van der Waals surface area contributed by atoms with E-state index in [1.54, 1.807) is 12.2 Å². The van der Waals surface area contributed by atoms with Crippen LogP contribution in [0.15, 0.2) is 22.4 Å². The van der Waals surface area contributed by atoms with Gasteiger partial charge >= 0.3 is 0 Å². The Balaban J connectivity index is 3.07. The zero-order valence-corrected chi connectivity index (χ0v) is 8.96. The molecular formula is C8H12N6O2. The first-order chi connectivity index (χ1) is 7.78. The average Bonchev–Trinajstić information content (AvgIpc) is 2.31. The number of azide groups is 2. The Morgan fingerprint density at radius 3 is 1.56 bits per heavy atom. The lowest BCUT2D eigenvalue weighted by molar-refractivity contribution is 0.0513. The second kappa shape index (κ2) is 5.99. The first-order valence-electron chi connectivity index (χ1n) is 4.60. The van der Waals surface area contributed by atoms with Crippen LogP contribution in [0.25, 0.3) is 20.9 Å². The zero-order chi connectivity index (χ0) is 12.0. The molecule has 1 aliphatic rings. The Bertz CT molecular complexity index is 324. The van der Waals surface area contributed by atoms with Gasteiger partial charge in [-0.2, -0.15) is 0 Å². The number of hydrogen-bond donors (Lipinski definition) is 0. The standard InChI is InChI=1S/C8H12N6O2/c1-15-5-3-4-6(16-2)8(12-14-10)7(5)11-13-9/h3-8H,1-2H3/t5-,6-,7+,8+/m1/s1. The molecule has 0 bridgehead atoms. The molecule has 0 unspecified atom stereocenters. The lowest BCUT2D eigenvalue weighted by atomic mass is 9.92. The van der Waals surface area contributed by atoms with Crippen molar-refractivity contribution in [2.75, 3.05) is 14.2 Å². The SMILES string of the molecule is CO[C@@H]1C=C[C@@H](OC)[C@H](N=[N+]=[N-])[C@H]1N=[N+]=[N-]. The molecular weight excluding hydrogens is 212 g/mol. The quantitative estimate of drug-likeness (QED) is 0.314. The molecule has 0 N–H and O–H groups in total. The average molecular weight is 224 g/mol. The van der Waals surface area contributed by atoms with Gasteiger partial charge in [0.2, 0.25) is 0 Å². The normalized spacial score (nSPS) is 32.6. The van der Waals surface area contributed by atoms with Crippen LogP contribution in [0.1, 0.15) is 0 Å². The van der Waals surface area contributed by atoms with Crippen LogP contribution in [0.4, 0.5) is 0 Å². The molecule has 1 aliphatic carbocycles. The van der Waals surface area contributed by atoms with Crippen LogP contribution in [0.2, 0.25) is 0 Å². The summed E-state index contributed by atoms with van der Waals surface area (Å²) in [6.45, 7) is 0.